The molecule has 1 aromatic carbocycles. The molecule has 3 rings (SSSR count). The van der Waals surface area contributed by atoms with Gasteiger partial charge in [0, 0.05) is 18.7 Å². The number of benzene rings is 1. The first-order valence-corrected chi connectivity index (χ1v) is 10.6. The number of ether oxygens (including phenoxy) is 3. The Labute approximate surface area is 187 Å². The lowest BCUT2D eigenvalue weighted by Gasteiger charge is -2.26. The molecule has 32 heavy (non-hydrogen) atoms. The van der Waals surface area contributed by atoms with E-state index in [1.54, 1.807) is 13.8 Å². The molecule has 0 aliphatic heterocycles. The molecule has 1 N–H and O–H groups in total. The smallest absolute Gasteiger partial charge is 0.328 e. The van der Waals surface area contributed by atoms with Crippen molar-refractivity contribution in [3.63, 3.8) is 0 Å². The Bertz CT molecular complexity index is 1000. The minimum absolute atomic E-state index is 0.0874. The van der Waals surface area contributed by atoms with Crippen molar-refractivity contribution in [1.82, 2.24) is 10.3 Å². The highest BCUT2D eigenvalue weighted by Gasteiger charge is 2.28. The van der Waals surface area contributed by atoms with Gasteiger partial charge in [-0.1, -0.05) is 38.1 Å². The Balaban J connectivity index is 1.66. The van der Waals surface area contributed by atoms with Crippen LogP contribution in [-0.2, 0) is 27.2 Å². The highest BCUT2D eigenvalue weighted by Crippen LogP contribution is 2.30. The second kappa shape index (κ2) is 10.3. The van der Waals surface area contributed by atoms with Gasteiger partial charge in [-0.25, -0.2) is 9.78 Å². The Kier molecular flexibility index (Phi) is 7.45. The molecule has 1 aliphatic rings. The third kappa shape index (κ3) is 5.43. The van der Waals surface area contributed by atoms with Crippen LogP contribution in [-0.4, -0.2) is 42.1 Å². The van der Waals surface area contributed by atoms with Crippen LogP contribution in [0, 0.1) is 5.92 Å². The van der Waals surface area contributed by atoms with Gasteiger partial charge in [0.1, 0.15) is 12.1 Å². The third-order valence-corrected chi connectivity index (χ3v) is 5.26. The van der Waals surface area contributed by atoms with Gasteiger partial charge in [0.2, 0.25) is 5.75 Å². The van der Waals surface area contributed by atoms with Crippen molar-refractivity contribution >= 4 is 17.8 Å². The number of carbonyl (C=O) groups excluding carboxylic acids is 3. The summed E-state index contributed by atoms with van der Waals surface area (Å²) < 4.78 is 16.2. The van der Waals surface area contributed by atoms with E-state index in [0.717, 1.165) is 12.8 Å². The molecule has 2 aromatic rings. The monoisotopic (exact) mass is 440 g/mol. The van der Waals surface area contributed by atoms with Gasteiger partial charge in [-0.3, -0.25) is 9.59 Å². The van der Waals surface area contributed by atoms with Crippen molar-refractivity contribution in [3.05, 3.63) is 53.3 Å². The van der Waals surface area contributed by atoms with Crippen LogP contribution in [0.25, 0.3) is 0 Å². The molecule has 170 valence electrons. The topological polar surface area (TPSA) is 104 Å². The number of hydrogen-bond acceptors (Lipinski definition) is 7. The Morgan fingerprint density at radius 3 is 2.47 bits per heavy atom. The molecule has 1 heterocycles. The largest absolute Gasteiger partial charge is 0.493 e. The number of rotatable bonds is 7. The minimum atomic E-state index is -0.915. The zero-order valence-corrected chi connectivity index (χ0v) is 18.7. The number of nitrogens with one attached hydrogen (secondary N) is 1. The molecule has 2 atom stereocenters. The van der Waals surface area contributed by atoms with E-state index in [1.165, 1.54) is 37.4 Å². The molecule has 0 bridgehead atoms. The number of aryl methyl sites for hydroxylation is 1. The first kappa shape index (κ1) is 23.2. The van der Waals surface area contributed by atoms with Gasteiger partial charge in [0.25, 0.3) is 5.91 Å². The molecule has 8 nitrogen and oxygen atoms in total. The van der Waals surface area contributed by atoms with Crippen molar-refractivity contribution < 1.29 is 28.6 Å². The summed E-state index contributed by atoms with van der Waals surface area (Å²) in [4.78, 5) is 41.5. The van der Waals surface area contributed by atoms with E-state index >= 15 is 0 Å². The summed E-state index contributed by atoms with van der Waals surface area (Å²) in [5.74, 6) is -2.05. The molecule has 0 spiro atoms. The van der Waals surface area contributed by atoms with E-state index < -0.39 is 29.8 Å². The lowest BCUT2D eigenvalue weighted by molar-refractivity contribution is -0.151. The van der Waals surface area contributed by atoms with Gasteiger partial charge >= 0.3 is 11.9 Å². The van der Waals surface area contributed by atoms with Crippen LogP contribution in [0.1, 0.15) is 48.8 Å². The maximum Gasteiger partial charge on any atom is 0.328 e. The highest BCUT2D eigenvalue weighted by molar-refractivity contribution is 5.98. The summed E-state index contributed by atoms with van der Waals surface area (Å²) >= 11 is 0. The summed E-state index contributed by atoms with van der Waals surface area (Å²) in [6.07, 6.45) is 3.34. The molecule has 8 heteroatoms. The average molecular weight is 440 g/mol. The maximum absolute atomic E-state index is 12.8. The number of methoxy groups -OCH3 is 1. The summed E-state index contributed by atoms with van der Waals surface area (Å²) in [7, 11) is 1.39. The summed E-state index contributed by atoms with van der Waals surface area (Å²) in [5.41, 5.74) is 2.30. The van der Waals surface area contributed by atoms with Crippen LogP contribution >= 0.6 is 0 Å². The van der Waals surface area contributed by atoms with E-state index in [9.17, 15) is 14.4 Å². The number of aromatic nitrogens is 1. The molecule has 1 aliphatic carbocycles. The normalized spacial score (nSPS) is 16.0. The van der Waals surface area contributed by atoms with Gasteiger partial charge in [-0.15, -0.1) is 0 Å². The number of carbonyl (C=O) groups is 3. The van der Waals surface area contributed by atoms with Crippen molar-refractivity contribution in [2.45, 2.75) is 52.2 Å². The van der Waals surface area contributed by atoms with Crippen molar-refractivity contribution in [1.29, 1.82) is 0 Å². The van der Waals surface area contributed by atoms with Crippen LogP contribution < -0.4 is 14.8 Å². The van der Waals surface area contributed by atoms with Crippen LogP contribution in [0.5, 0.6) is 11.5 Å². The van der Waals surface area contributed by atoms with Gasteiger partial charge in [-0.05, 0) is 30.9 Å². The van der Waals surface area contributed by atoms with Gasteiger partial charge in [0.05, 0.1) is 13.0 Å². The van der Waals surface area contributed by atoms with E-state index in [0.29, 0.717) is 6.42 Å². The van der Waals surface area contributed by atoms with E-state index in [-0.39, 0.29) is 23.3 Å². The molecule has 1 unspecified atom stereocenters. The number of nitrogens with zero attached hydrogens (tertiary/aromatic N) is 1. The fourth-order valence-corrected chi connectivity index (χ4v) is 3.43. The third-order valence-electron chi connectivity index (χ3n) is 5.26. The molecule has 0 fully saturated rings. The fourth-order valence-electron chi connectivity index (χ4n) is 3.43. The fraction of sp³-hybridized carbons (Fsp3) is 0.417. The summed E-state index contributed by atoms with van der Waals surface area (Å²) in [5, 5.41) is 2.58. The quantitative estimate of drug-likeness (QED) is 0.660. The first-order chi connectivity index (χ1) is 15.3. The number of amides is 1. The molecule has 1 amide bonds. The van der Waals surface area contributed by atoms with Gasteiger partial charge in [0.15, 0.2) is 11.4 Å². The summed E-state index contributed by atoms with van der Waals surface area (Å²) in [6.45, 7) is 4.89. The lowest BCUT2D eigenvalue weighted by atomic mass is 9.90. The minimum Gasteiger partial charge on any atom is -0.493 e. The van der Waals surface area contributed by atoms with Crippen molar-refractivity contribution in [2.24, 2.45) is 5.92 Å². The number of hydrogen-bond donors (Lipinski definition) is 1. The van der Waals surface area contributed by atoms with Crippen LogP contribution in [0.4, 0.5) is 0 Å². The van der Waals surface area contributed by atoms with Gasteiger partial charge < -0.3 is 19.5 Å². The zero-order chi connectivity index (χ0) is 23.3. The van der Waals surface area contributed by atoms with Crippen molar-refractivity contribution in [3.8, 4) is 11.5 Å². The Morgan fingerprint density at radius 1 is 1.06 bits per heavy atom. The Hall–Kier alpha value is -3.42. The van der Waals surface area contributed by atoms with E-state index in [4.69, 9.17) is 14.2 Å². The number of fused-ring (bicyclic) bond motifs is 1. The van der Waals surface area contributed by atoms with Crippen LogP contribution in [0.3, 0.4) is 0 Å². The lowest BCUT2D eigenvalue weighted by Crippen LogP contribution is -2.42. The van der Waals surface area contributed by atoms with Gasteiger partial charge in [-0.2, -0.15) is 0 Å². The second-order valence-corrected chi connectivity index (χ2v) is 8.03. The molecule has 0 saturated heterocycles. The molecular weight excluding hydrogens is 412 g/mol. The van der Waals surface area contributed by atoms with E-state index in [1.807, 2.05) is 18.2 Å². The molecule has 1 aromatic heterocycles. The SMILES string of the molecule is COc1ccnc(C(=O)N[C@@H](C)C(=O)OC2CCc3ccccc3C2)c1OC(=O)C(C)C. The predicted molar refractivity (Wildman–Crippen MR) is 117 cm³/mol. The predicted octanol–water partition coefficient (Wildman–Crippen LogP) is 2.87. The zero-order valence-electron chi connectivity index (χ0n) is 18.7. The molecule has 0 radical (unpaired) electrons. The average Bonchev–Trinajstić information content (AvgIpc) is 2.78. The van der Waals surface area contributed by atoms with Crippen LogP contribution in [0.2, 0.25) is 0 Å². The Morgan fingerprint density at radius 2 is 1.78 bits per heavy atom. The summed E-state index contributed by atoms with van der Waals surface area (Å²) in [6, 6.07) is 8.66. The second-order valence-electron chi connectivity index (χ2n) is 8.03. The highest BCUT2D eigenvalue weighted by atomic mass is 16.6. The standard InChI is InChI=1S/C24H28N2O6/c1-14(2)23(28)32-21-19(30-4)11-12-25-20(21)22(27)26-15(3)24(29)31-18-10-9-16-7-5-6-8-17(16)13-18/h5-8,11-12,14-15,18H,9-10,13H2,1-4H3,(H,26,27)/t15-,18?/m0/s1. The molecule has 0 saturated carbocycles. The molecular formula is C24H28N2O6. The number of pyridine rings is 1. The van der Waals surface area contributed by atoms with Crippen molar-refractivity contribution in [2.75, 3.05) is 7.11 Å². The van der Waals surface area contributed by atoms with Crippen LogP contribution in [0.15, 0.2) is 36.5 Å². The van der Waals surface area contributed by atoms with E-state index in [2.05, 4.69) is 16.4 Å². The first-order valence-electron chi connectivity index (χ1n) is 10.6. The maximum atomic E-state index is 12.8. The number of esters is 2.